The molecule has 3 nitrogen and oxygen atoms in total. The number of rotatable bonds is 12. The third kappa shape index (κ3) is 6.66. The molecule has 0 saturated carbocycles. The van der Waals surface area contributed by atoms with Crippen LogP contribution in [-0.2, 0) is 14.3 Å². The predicted octanol–water partition coefficient (Wildman–Crippen LogP) is 6.46. The van der Waals surface area contributed by atoms with Gasteiger partial charge in [0.25, 0.3) is 0 Å². The van der Waals surface area contributed by atoms with E-state index < -0.39 is 6.10 Å². The zero-order chi connectivity index (χ0) is 19.5. The highest BCUT2D eigenvalue weighted by Crippen LogP contribution is 2.27. The second kappa shape index (κ2) is 11.8. The van der Waals surface area contributed by atoms with Gasteiger partial charge in [-0.2, -0.15) is 0 Å². The van der Waals surface area contributed by atoms with E-state index in [1.165, 1.54) is 38.5 Å². The van der Waals surface area contributed by atoms with Crippen LogP contribution >= 0.6 is 0 Å². The maximum atomic E-state index is 12.6. The first kappa shape index (κ1) is 21.4. The second-order valence-electron chi connectivity index (χ2n) is 7.45. The molecule has 0 amide bonds. The van der Waals surface area contributed by atoms with E-state index in [1.54, 1.807) is 7.11 Å². The van der Waals surface area contributed by atoms with Crippen molar-refractivity contribution in [3.63, 3.8) is 0 Å². The van der Waals surface area contributed by atoms with Crippen LogP contribution in [-0.4, -0.2) is 19.7 Å². The van der Waals surface area contributed by atoms with Gasteiger partial charge in [0.1, 0.15) is 0 Å². The minimum atomic E-state index is -0.680. The van der Waals surface area contributed by atoms with Gasteiger partial charge in [0.05, 0.1) is 6.61 Å². The van der Waals surface area contributed by atoms with Gasteiger partial charge in [-0.25, -0.2) is 4.79 Å². The Balaban J connectivity index is 1.83. The summed E-state index contributed by atoms with van der Waals surface area (Å²) in [4.78, 5) is 12.6. The monoisotopic (exact) mass is 370 g/mol. The Labute approximate surface area is 164 Å². The Morgan fingerprint density at radius 3 is 2.48 bits per heavy atom. The standard InChI is InChI=1S/C24H34O3/c1-4-5-6-7-8-12-19(2)17-18-27-24(25)23(26-3)22-16-11-14-20-13-9-10-15-21(20)22/h9-11,13-16,19,23H,4-8,12,17-18H2,1-3H3/t19-,23+/m0/s1. The summed E-state index contributed by atoms with van der Waals surface area (Å²) in [6.45, 7) is 4.94. The van der Waals surface area contributed by atoms with Crippen LogP contribution in [0, 0.1) is 5.92 Å². The fraction of sp³-hybridized carbons (Fsp3) is 0.542. The smallest absolute Gasteiger partial charge is 0.339 e. The average molecular weight is 371 g/mol. The van der Waals surface area contributed by atoms with E-state index in [0.29, 0.717) is 12.5 Å². The predicted molar refractivity (Wildman–Crippen MR) is 112 cm³/mol. The molecule has 0 heterocycles. The van der Waals surface area contributed by atoms with E-state index in [2.05, 4.69) is 13.8 Å². The molecular formula is C24H34O3. The van der Waals surface area contributed by atoms with Crippen molar-refractivity contribution in [3.05, 3.63) is 48.0 Å². The van der Waals surface area contributed by atoms with Crippen LogP contribution in [0.1, 0.15) is 70.5 Å². The highest BCUT2D eigenvalue weighted by molar-refractivity contribution is 5.90. The van der Waals surface area contributed by atoms with Crippen LogP contribution in [0.15, 0.2) is 42.5 Å². The van der Waals surface area contributed by atoms with Gasteiger partial charge in [-0.05, 0) is 28.7 Å². The second-order valence-corrected chi connectivity index (χ2v) is 7.45. The van der Waals surface area contributed by atoms with Crippen molar-refractivity contribution in [1.29, 1.82) is 0 Å². The molecule has 0 saturated heterocycles. The van der Waals surface area contributed by atoms with Crippen molar-refractivity contribution >= 4 is 16.7 Å². The number of esters is 1. The zero-order valence-corrected chi connectivity index (χ0v) is 17.1. The van der Waals surface area contributed by atoms with Crippen LogP contribution in [0.3, 0.4) is 0 Å². The summed E-state index contributed by atoms with van der Waals surface area (Å²) in [6, 6.07) is 14.0. The third-order valence-electron chi connectivity index (χ3n) is 5.21. The Morgan fingerprint density at radius 1 is 0.963 bits per heavy atom. The Bertz CT molecular complexity index is 690. The molecule has 0 aliphatic heterocycles. The lowest BCUT2D eigenvalue weighted by Crippen LogP contribution is -2.19. The number of methoxy groups -OCH3 is 1. The molecule has 0 aliphatic rings. The number of hydrogen-bond acceptors (Lipinski definition) is 3. The van der Waals surface area contributed by atoms with E-state index in [4.69, 9.17) is 9.47 Å². The van der Waals surface area contributed by atoms with E-state index in [-0.39, 0.29) is 5.97 Å². The molecular weight excluding hydrogens is 336 g/mol. The normalized spacial score (nSPS) is 13.4. The topological polar surface area (TPSA) is 35.5 Å². The highest BCUT2D eigenvalue weighted by Gasteiger charge is 2.23. The minimum absolute atomic E-state index is 0.302. The van der Waals surface area contributed by atoms with Crippen LogP contribution in [0.4, 0.5) is 0 Å². The van der Waals surface area contributed by atoms with Crippen molar-refractivity contribution in [3.8, 4) is 0 Å². The lowest BCUT2D eigenvalue weighted by atomic mass is 9.99. The van der Waals surface area contributed by atoms with Crippen LogP contribution < -0.4 is 0 Å². The number of fused-ring (bicyclic) bond motifs is 1. The fourth-order valence-electron chi connectivity index (χ4n) is 3.51. The van der Waals surface area contributed by atoms with Crippen molar-refractivity contribution in [2.24, 2.45) is 5.92 Å². The molecule has 0 aliphatic carbocycles. The van der Waals surface area contributed by atoms with Crippen molar-refractivity contribution < 1.29 is 14.3 Å². The van der Waals surface area contributed by atoms with Gasteiger partial charge in [0, 0.05) is 7.11 Å². The molecule has 2 aromatic rings. The summed E-state index contributed by atoms with van der Waals surface area (Å²) in [6.07, 6.45) is 7.96. The van der Waals surface area contributed by atoms with Crippen LogP contribution in [0.25, 0.3) is 10.8 Å². The maximum absolute atomic E-state index is 12.6. The van der Waals surface area contributed by atoms with Gasteiger partial charge >= 0.3 is 5.97 Å². The Hall–Kier alpha value is -1.87. The number of benzene rings is 2. The number of carbonyl (C=O) groups is 1. The van der Waals surface area contributed by atoms with Crippen LogP contribution in [0.5, 0.6) is 0 Å². The molecule has 148 valence electrons. The summed E-state index contributed by atoms with van der Waals surface area (Å²) in [5.74, 6) is 0.280. The van der Waals surface area contributed by atoms with Crippen molar-refractivity contribution in [2.45, 2.75) is 64.9 Å². The molecule has 0 radical (unpaired) electrons. The molecule has 0 fully saturated rings. The summed E-state index contributed by atoms with van der Waals surface area (Å²) < 4.78 is 11.0. The summed E-state index contributed by atoms with van der Waals surface area (Å²) in [7, 11) is 1.56. The number of hydrogen-bond donors (Lipinski definition) is 0. The quantitative estimate of drug-likeness (QED) is 0.318. The highest BCUT2D eigenvalue weighted by atomic mass is 16.6. The van der Waals surface area contributed by atoms with Gasteiger partial charge in [-0.1, -0.05) is 94.8 Å². The average Bonchev–Trinajstić information content (AvgIpc) is 2.68. The van der Waals surface area contributed by atoms with Crippen LogP contribution in [0.2, 0.25) is 0 Å². The largest absolute Gasteiger partial charge is 0.463 e. The molecule has 2 atom stereocenters. The maximum Gasteiger partial charge on any atom is 0.339 e. The van der Waals surface area contributed by atoms with Gasteiger partial charge in [0.15, 0.2) is 6.10 Å². The molecule has 0 spiro atoms. The molecule has 0 bridgehead atoms. The first-order valence-electron chi connectivity index (χ1n) is 10.3. The van der Waals surface area contributed by atoms with E-state index in [0.717, 1.165) is 22.8 Å². The number of carbonyl (C=O) groups excluding carboxylic acids is 1. The lowest BCUT2D eigenvalue weighted by molar-refractivity contribution is -0.156. The third-order valence-corrected chi connectivity index (χ3v) is 5.21. The Kier molecular flexibility index (Phi) is 9.34. The van der Waals surface area contributed by atoms with Crippen molar-refractivity contribution in [2.75, 3.05) is 13.7 Å². The summed E-state index contributed by atoms with van der Waals surface area (Å²) >= 11 is 0. The van der Waals surface area contributed by atoms with Gasteiger partial charge < -0.3 is 9.47 Å². The first-order valence-corrected chi connectivity index (χ1v) is 10.3. The SMILES string of the molecule is CCCCCCC[C@H](C)CCOC(=O)[C@H](OC)c1cccc2ccccc12. The van der Waals surface area contributed by atoms with E-state index in [9.17, 15) is 4.79 Å². The van der Waals surface area contributed by atoms with Gasteiger partial charge in [0.2, 0.25) is 0 Å². The zero-order valence-electron chi connectivity index (χ0n) is 17.1. The summed E-state index contributed by atoms with van der Waals surface area (Å²) in [5.41, 5.74) is 0.865. The van der Waals surface area contributed by atoms with Gasteiger partial charge in [-0.3, -0.25) is 0 Å². The number of ether oxygens (including phenoxy) is 2. The molecule has 0 aromatic heterocycles. The minimum Gasteiger partial charge on any atom is -0.463 e. The molecule has 0 N–H and O–H groups in total. The molecule has 2 aromatic carbocycles. The first-order chi connectivity index (χ1) is 13.2. The van der Waals surface area contributed by atoms with Gasteiger partial charge in [-0.15, -0.1) is 0 Å². The van der Waals surface area contributed by atoms with Crippen molar-refractivity contribution in [1.82, 2.24) is 0 Å². The fourth-order valence-corrected chi connectivity index (χ4v) is 3.51. The Morgan fingerprint density at radius 2 is 1.70 bits per heavy atom. The molecule has 27 heavy (non-hydrogen) atoms. The number of unbranched alkanes of at least 4 members (excludes halogenated alkanes) is 4. The summed E-state index contributed by atoms with van der Waals surface area (Å²) in [5, 5.41) is 2.13. The molecule has 0 unspecified atom stereocenters. The van der Waals surface area contributed by atoms with E-state index >= 15 is 0 Å². The van der Waals surface area contributed by atoms with E-state index in [1.807, 2.05) is 42.5 Å². The molecule has 2 rings (SSSR count). The lowest BCUT2D eigenvalue weighted by Gasteiger charge is -2.18. The molecule has 3 heteroatoms.